The molecule has 24 heavy (non-hydrogen) atoms. The van der Waals surface area contributed by atoms with Gasteiger partial charge in [-0.05, 0) is 25.7 Å². The van der Waals surface area contributed by atoms with Gasteiger partial charge in [-0.25, -0.2) is 17.6 Å². The van der Waals surface area contributed by atoms with Crippen LogP contribution in [0.5, 0.6) is 0 Å². The van der Waals surface area contributed by atoms with Gasteiger partial charge in [-0.1, -0.05) is 23.3 Å². The van der Waals surface area contributed by atoms with E-state index in [0.29, 0.717) is 0 Å². The molecule has 0 heterocycles. The number of alkyl halides is 2. The van der Waals surface area contributed by atoms with Crippen molar-refractivity contribution in [2.45, 2.75) is 36.4 Å². The highest BCUT2D eigenvalue weighted by Gasteiger charge is 2.61. The van der Waals surface area contributed by atoms with E-state index >= 15 is 0 Å². The van der Waals surface area contributed by atoms with Gasteiger partial charge < -0.3 is 0 Å². The molecule has 0 aliphatic heterocycles. The highest BCUT2D eigenvalue weighted by Crippen LogP contribution is 2.68. The number of benzene rings is 1. The van der Waals surface area contributed by atoms with Gasteiger partial charge in [-0.3, -0.25) is 0 Å². The van der Waals surface area contributed by atoms with Crippen LogP contribution in [0.1, 0.15) is 36.8 Å². The van der Waals surface area contributed by atoms with E-state index < -0.39 is 45.9 Å². The van der Waals surface area contributed by atoms with E-state index in [-0.39, 0.29) is 23.0 Å². The maximum atomic E-state index is 14.5. The quantitative estimate of drug-likeness (QED) is 0.177. The van der Waals surface area contributed by atoms with Crippen LogP contribution in [0.15, 0.2) is 23.3 Å². The predicted molar refractivity (Wildman–Crippen MR) is 85.5 cm³/mol. The molecule has 0 amide bonds. The van der Waals surface area contributed by atoms with Crippen molar-refractivity contribution in [3.8, 4) is 0 Å². The van der Waals surface area contributed by atoms with Crippen molar-refractivity contribution >= 4 is 23.2 Å². The van der Waals surface area contributed by atoms with Crippen LogP contribution in [0.4, 0.5) is 17.6 Å². The Hall–Kier alpha value is -1.00. The van der Waals surface area contributed by atoms with Gasteiger partial charge in [-0.2, -0.15) is 0 Å². The SMILES string of the molecule is CC(C)=C1[C@H]2c3c(F)c(F)c(F)c(F)c3[C@H]1[C@H]1[C@H]2[C@H](Cl)C=C[C@@H]1Cl. The highest BCUT2D eigenvalue weighted by atomic mass is 35.5. The Morgan fingerprint density at radius 2 is 1.12 bits per heavy atom. The largest absolute Gasteiger partial charge is 0.203 e. The van der Waals surface area contributed by atoms with Crippen molar-refractivity contribution in [3.05, 3.63) is 57.7 Å². The molecule has 0 aromatic heterocycles. The molecule has 0 nitrogen and oxygen atoms in total. The van der Waals surface area contributed by atoms with Crippen LogP contribution in [-0.2, 0) is 0 Å². The number of fused-ring (bicyclic) bond motifs is 8. The summed E-state index contributed by atoms with van der Waals surface area (Å²) in [4.78, 5) is 0. The Bertz CT molecular complexity index is 751. The second kappa shape index (κ2) is 5.25. The minimum absolute atomic E-state index is 0.0846. The molecule has 6 heteroatoms. The number of hydrogen-bond donors (Lipinski definition) is 0. The van der Waals surface area contributed by atoms with E-state index in [1.54, 1.807) is 12.2 Å². The average Bonchev–Trinajstić information content (AvgIpc) is 3.06. The Morgan fingerprint density at radius 1 is 0.750 bits per heavy atom. The molecule has 3 aliphatic rings. The molecule has 2 bridgehead atoms. The summed E-state index contributed by atoms with van der Waals surface area (Å²) in [5.74, 6) is -7.81. The zero-order valence-corrected chi connectivity index (χ0v) is 14.4. The van der Waals surface area contributed by atoms with Crippen LogP contribution in [0.25, 0.3) is 0 Å². The van der Waals surface area contributed by atoms with Crippen LogP contribution >= 0.6 is 23.2 Å². The van der Waals surface area contributed by atoms with Gasteiger partial charge in [0.05, 0.1) is 10.8 Å². The zero-order chi connectivity index (χ0) is 17.5. The van der Waals surface area contributed by atoms with Gasteiger partial charge >= 0.3 is 0 Å². The lowest BCUT2D eigenvalue weighted by Gasteiger charge is -2.38. The van der Waals surface area contributed by atoms with Crippen molar-refractivity contribution in [1.29, 1.82) is 0 Å². The lowest BCUT2D eigenvalue weighted by molar-refractivity contribution is 0.303. The molecular formula is C18H14Cl2F4. The van der Waals surface area contributed by atoms with E-state index in [1.165, 1.54) is 0 Å². The van der Waals surface area contributed by atoms with Crippen LogP contribution < -0.4 is 0 Å². The van der Waals surface area contributed by atoms with E-state index in [9.17, 15) is 17.6 Å². The van der Waals surface area contributed by atoms with Gasteiger partial charge in [0.1, 0.15) is 0 Å². The van der Waals surface area contributed by atoms with Crippen LogP contribution in [0.2, 0.25) is 0 Å². The molecule has 4 rings (SSSR count). The minimum atomic E-state index is -1.76. The second-order valence-electron chi connectivity index (χ2n) is 6.92. The fourth-order valence-corrected chi connectivity index (χ4v) is 5.70. The number of allylic oxidation sites excluding steroid dienone is 4. The first-order valence-electron chi connectivity index (χ1n) is 7.76. The molecule has 0 unspecified atom stereocenters. The summed E-state index contributed by atoms with van der Waals surface area (Å²) < 4.78 is 56.7. The maximum absolute atomic E-state index is 14.5. The van der Waals surface area contributed by atoms with Crippen LogP contribution in [0, 0.1) is 35.1 Å². The molecule has 1 aromatic carbocycles. The van der Waals surface area contributed by atoms with E-state index in [2.05, 4.69) is 0 Å². The molecule has 3 aliphatic carbocycles. The minimum Gasteiger partial charge on any atom is -0.203 e. The molecular weight excluding hydrogens is 363 g/mol. The number of hydrogen-bond acceptors (Lipinski definition) is 0. The summed E-state index contributed by atoms with van der Waals surface area (Å²) in [5.41, 5.74) is 1.50. The summed E-state index contributed by atoms with van der Waals surface area (Å²) >= 11 is 12.8. The monoisotopic (exact) mass is 376 g/mol. The molecule has 6 atom stereocenters. The van der Waals surface area contributed by atoms with Crippen molar-refractivity contribution in [3.63, 3.8) is 0 Å². The Labute approximate surface area is 147 Å². The highest BCUT2D eigenvalue weighted by molar-refractivity contribution is 6.24. The average molecular weight is 377 g/mol. The van der Waals surface area contributed by atoms with E-state index in [0.717, 1.165) is 11.1 Å². The molecule has 1 saturated carbocycles. The summed E-state index contributed by atoms with van der Waals surface area (Å²) in [7, 11) is 0. The zero-order valence-electron chi connectivity index (χ0n) is 12.9. The smallest absolute Gasteiger partial charge is 0.197 e. The van der Waals surface area contributed by atoms with Gasteiger partial charge in [0.25, 0.3) is 0 Å². The van der Waals surface area contributed by atoms with Crippen molar-refractivity contribution < 1.29 is 17.6 Å². The summed E-state index contributed by atoms with van der Waals surface area (Å²) in [6.45, 7) is 3.67. The first-order valence-corrected chi connectivity index (χ1v) is 8.64. The van der Waals surface area contributed by atoms with Gasteiger partial charge in [0.2, 0.25) is 0 Å². The third-order valence-electron chi connectivity index (χ3n) is 5.64. The summed E-state index contributed by atoms with van der Waals surface area (Å²) in [6.07, 6.45) is 3.50. The molecule has 0 spiro atoms. The van der Waals surface area contributed by atoms with Crippen molar-refractivity contribution in [2.24, 2.45) is 11.8 Å². The van der Waals surface area contributed by atoms with Crippen LogP contribution in [-0.4, -0.2) is 10.8 Å². The Morgan fingerprint density at radius 3 is 1.46 bits per heavy atom. The van der Waals surface area contributed by atoms with E-state index in [1.807, 2.05) is 13.8 Å². The third kappa shape index (κ3) is 1.82. The first-order chi connectivity index (χ1) is 11.3. The molecule has 0 N–H and O–H groups in total. The molecule has 128 valence electrons. The molecule has 0 saturated heterocycles. The Balaban J connectivity index is 2.07. The molecule has 1 fully saturated rings. The third-order valence-corrected chi connectivity index (χ3v) is 6.51. The standard InChI is InChI=1S/C18H14Cl2F4/c1-5(2)8-11-9-6(19)3-4-7(20)10(9)12(8)14-13(11)15(21)17(23)18(24)16(14)22/h3-4,6-7,9-12H,1-2H3/t6-,7+,9-,10-,11-,12-/m1/s1. The predicted octanol–water partition coefficient (Wildman–Crippen LogP) is 5.79. The molecule has 1 aromatic rings. The lowest BCUT2D eigenvalue weighted by Crippen LogP contribution is -2.37. The topological polar surface area (TPSA) is 0 Å². The fraction of sp³-hybridized carbons (Fsp3) is 0.444. The van der Waals surface area contributed by atoms with Gasteiger partial charge in [-0.15, -0.1) is 23.2 Å². The lowest BCUT2D eigenvalue weighted by atomic mass is 9.70. The van der Waals surface area contributed by atoms with Gasteiger partial charge in [0.15, 0.2) is 23.3 Å². The second-order valence-corrected chi connectivity index (χ2v) is 7.93. The van der Waals surface area contributed by atoms with Crippen molar-refractivity contribution in [2.75, 3.05) is 0 Å². The van der Waals surface area contributed by atoms with E-state index in [4.69, 9.17) is 23.2 Å². The fourth-order valence-electron chi connectivity index (χ4n) is 4.91. The first kappa shape index (κ1) is 16.5. The molecule has 0 radical (unpaired) electrons. The summed E-state index contributed by atoms with van der Waals surface area (Å²) in [5, 5.41) is -0.837. The number of rotatable bonds is 0. The normalized spacial score (nSPS) is 36.1. The van der Waals surface area contributed by atoms with Gasteiger partial charge in [0, 0.05) is 23.0 Å². The Kier molecular flexibility index (Phi) is 3.60. The van der Waals surface area contributed by atoms with Crippen LogP contribution in [0.3, 0.4) is 0 Å². The number of halogens is 6. The van der Waals surface area contributed by atoms with Crippen molar-refractivity contribution in [1.82, 2.24) is 0 Å². The maximum Gasteiger partial charge on any atom is 0.197 e. The summed E-state index contributed by atoms with van der Waals surface area (Å²) in [6, 6.07) is 0.